The number of aliphatic hydroxyl groups excluding tert-OH is 1. The number of hydrogen-bond acceptors (Lipinski definition) is 6. The second-order valence-electron chi connectivity index (χ2n) is 11.5. The lowest BCUT2D eigenvalue weighted by atomic mass is 10.1. The van der Waals surface area contributed by atoms with Crippen LogP contribution in [-0.4, -0.2) is 52.7 Å². The highest BCUT2D eigenvalue weighted by molar-refractivity contribution is 6.74. The molecule has 0 aliphatic heterocycles. The molecule has 0 saturated heterocycles. The summed E-state index contributed by atoms with van der Waals surface area (Å²) in [5.74, 6) is -0.124. The first-order valence-corrected chi connectivity index (χ1v) is 16.1. The second kappa shape index (κ2) is 11.1. The van der Waals surface area contributed by atoms with Crippen molar-refractivity contribution in [3.8, 4) is 0 Å². The molecular weight excluding hydrogens is 504 g/mol. The molecule has 0 amide bonds. The molecule has 9 heteroatoms. The number of anilines is 1. The molecule has 198 valence electrons. The Morgan fingerprint density at radius 1 is 1.24 bits per heavy atom. The average molecular weight is 541 g/mol. The average Bonchev–Trinajstić information content (AvgIpc) is 3.44. The van der Waals surface area contributed by atoms with E-state index in [1.54, 1.807) is 29.3 Å². The Bertz CT molecular complexity index is 1240. The third kappa shape index (κ3) is 6.49. The summed E-state index contributed by atoms with van der Waals surface area (Å²) in [7, 11) is -1.97. The highest BCUT2D eigenvalue weighted by Crippen LogP contribution is 2.41. The summed E-state index contributed by atoms with van der Waals surface area (Å²) in [6.07, 6.45) is 6.61. The fourth-order valence-electron chi connectivity index (χ4n) is 4.55. The summed E-state index contributed by atoms with van der Waals surface area (Å²) in [6.45, 7) is 11.8. The van der Waals surface area contributed by atoms with Crippen molar-refractivity contribution < 1.29 is 14.3 Å². The van der Waals surface area contributed by atoms with Gasteiger partial charge in [-0.05, 0) is 60.8 Å². The molecule has 1 saturated carbocycles. The van der Waals surface area contributed by atoms with Crippen LogP contribution in [0.15, 0.2) is 55.0 Å². The van der Waals surface area contributed by atoms with E-state index in [1.807, 2.05) is 30.3 Å². The van der Waals surface area contributed by atoms with Crippen LogP contribution < -0.4 is 5.32 Å². The Labute approximate surface area is 225 Å². The van der Waals surface area contributed by atoms with E-state index in [9.17, 15) is 9.90 Å². The second-order valence-corrected chi connectivity index (χ2v) is 16.6. The van der Waals surface area contributed by atoms with E-state index in [0.29, 0.717) is 22.8 Å². The van der Waals surface area contributed by atoms with E-state index in [-0.39, 0.29) is 35.5 Å². The third-order valence-electron chi connectivity index (χ3n) is 7.65. The maximum atomic E-state index is 13.4. The molecule has 2 heterocycles. The number of benzene rings is 1. The number of aromatic nitrogens is 3. The van der Waals surface area contributed by atoms with E-state index in [1.165, 1.54) is 0 Å². The lowest BCUT2D eigenvalue weighted by Crippen LogP contribution is -2.45. The third-order valence-corrected chi connectivity index (χ3v) is 12.4. The van der Waals surface area contributed by atoms with Crippen LogP contribution in [0.1, 0.15) is 55.2 Å². The van der Waals surface area contributed by atoms with Gasteiger partial charge in [0.05, 0.1) is 18.2 Å². The van der Waals surface area contributed by atoms with Crippen LogP contribution >= 0.6 is 11.6 Å². The number of nitrogens with zero attached hydrogens (tertiary/aromatic N) is 3. The number of rotatable bonds is 9. The SMILES string of the molecule is CC(C)(C)[Si](C)(C)O[C@H]1C[C@H](Nc2ccncc2C(=O)c2ccn(Cc3cccc(Cl)c3)n2)C[C@@H]1CO. The zero-order valence-electron chi connectivity index (χ0n) is 22.2. The predicted octanol–water partition coefficient (Wildman–Crippen LogP) is 5.78. The highest BCUT2D eigenvalue weighted by Gasteiger charge is 2.44. The first kappa shape index (κ1) is 27.5. The standard InChI is InChI=1S/C28H37ClN4O3Si/c1-28(2,3)37(4,5)36-26-15-22(14-20(26)18-34)31-24-9-11-30-16-23(24)27(35)25-10-12-33(32-25)17-19-7-6-8-21(29)13-19/h6-13,16,20,22,26,34H,14-15,17-18H2,1-5H3,(H,30,31)/t20-,22-,26+/m1/s1. The van der Waals surface area contributed by atoms with Gasteiger partial charge in [0.2, 0.25) is 5.78 Å². The van der Waals surface area contributed by atoms with Gasteiger partial charge in [-0.3, -0.25) is 14.5 Å². The van der Waals surface area contributed by atoms with Crippen molar-refractivity contribution in [2.45, 2.75) is 70.4 Å². The van der Waals surface area contributed by atoms with Gasteiger partial charge in [-0.15, -0.1) is 0 Å². The van der Waals surface area contributed by atoms with Crippen molar-refractivity contribution in [3.05, 3.63) is 76.8 Å². The monoisotopic (exact) mass is 540 g/mol. The van der Waals surface area contributed by atoms with E-state index >= 15 is 0 Å². The first-order valence-electron chi connectivity index (χ1n) is 12.8. The topological polar surface area (TPSA) is 89.3 Å². The number of pyridine rings is 1. The molecule has 4 rings (SSSR count). The van der Waals surface area contributed by atoms with E-state index in [0.717, 1.165) is 24.1 Å². The Balaban J connectivity index is 1.47. The summed E-state index contributed by atoms with van der Waals surface area (Å²) in [4.78, 5) is 17.6. The molecule has 1 aliphatic rings. The minimum atomic E-state index is -1.97. The molecule has 37 heavy (non-hydrogen) atoms. The summed E-state index contributed by atoms with van der Waals surface area (Å²) in [5, 5.41) is 18.9. The first-order chi connectivity index (χ1) is 17.5. The molecule has 0 radical (unpaired) electrons. The lowest BCUT2D eigenvalue weighted by Gasteiger charge is -2.39. The van der Waals surface area contributed by atoms with E-state index < -0.39 is 8.32 Å². The van der Waals surface area contributed by atoms with Gasteiger partial charge in [0.25, 0.3) is 0 Å². The number of carbonyl (C=O) groups excluding carboxylic acids is 1. The van der Waals surface area contributed by atoms with Crippen LogP contribution in [0.25, 0.3) is 0 Å². The molecule has 3 aromatic rings. The summed E-state index contributed by atoms with van der Waals surface area (Å²) in [5.41, 5.74) is 2.56. The number of carbonyl (C=O) groups is 1. The quantitative estimate of drug-likeness (QED) is 0.264. The van der Waals surface area contributed by atoms with Crippen molar-refractivity contribution in [2.24, 2.45) is 5.92 Å². The number of aliphatic hydroxyl groups is 1. The fourth-order valence-corrected chi connectivity index (χ4v) is 6.16. The maximum absolute atomic E-state index is 13.4. The van der Waals surface area contributed by atoms with Crippen LogP contribution in [0.3, 0.4) is 0 Å². The predicted molar refractivity (Wildman–Crippen MR) is 150 cm³/mol. The van der Waals surface area contributed by atoms with Crippen molar-refractivity contribution >= 4 is 31.4 Å². The van der Waals surface area contributed by atoms with Crippen LogP contribution in [-0.2, 0) is 11.0 Å². The van der Waals surface area contributed by atoms with Gasteiger partial charge in [-0.1, -0.05) is 44.5 Å². The Morgan fingerprint density at radius 2 is 2.03 bits per heavy atom. The van der Waals surface area contributed by atoms with E-state index in [2.05, 4.69) is 49.3 Å². The number of nitrogens with one attached hydrogen (secondary N) is 1. The minimum Gasteiger partial charge on any atom is -0.413 e. The Hall–Kier alpha value is -2.52. The van der Waals surface area contributed by atoms with Gasteiger partial charge >= 0.3 is 0 Å². The van der Waals surface area contributed by atoms with Crippen molar-refractivity contribution in [1.82, 2.24) is 14.8 Å². The van der Waals surface area contributed by atoms with Gasteiger partial charge in [0.15, 0.2) is 8.32 Å². The number of halogens is 1. The molecule has 0 unspecified atom stereocenters. The molecule has 3 atom stereocenters. The summed E-state index contributed by atoms with van der Waals surface area (Å²) >= 11 is 6.10. The Morgan fingerprint density at radius 3 is 2.73 bits per heavy atom. The molecule has 0 spiro atoms. The highest BCUT2D eigenvalue weighted by atomic mass is 35.5. The fraction of sp³-hybridized carbons (Fsp3) is 0.464. The molecule has 1 fully saturated rings. The zero-order valence-corrected chi connectivity index (χ0v) is 24.0. The largest absolute Gasteiger partial charge is 0.413 e. The van der Waals surface area contributed by atoms with E-state index in [4.69, 9.17) is 16.0 Å². The van der Waals surface area contributed by atoms with Crippen LogP contribution in [0.5, 0.6) is 0 Å². The van der Waals surface area contributed by atoms with Gasteiger partial charge < -0.3 is 14.8 Å². The molecule has 1 aromatic carbocycles. The van der Waals surface area contributed by atoms with Crippen LogP contribution in [0, 0.1) is 5.92 Å². The van der Waals surface area contributed by atoms with Gasteiger partial charge in [-0.2, -0.15) is 5.10 Å². The Kier molecular flexibility index (Phi) is 8.23. The minimum absolute atomic E-state index is 0.00781. The molecule has 2 N–H and O–H groups in total. The summed E-state index contributed by atoms with van der Waals surface area (Å²) < 4.78 is 8.41. The number of hydrogen-bond donors (Lipinski definition) is 2. The molecule has 0 bridgehead atoms. The maximum Gasteiger partial charge on any atom is 0.216 e. The molecular formula is C28H37ClN4O3Si. The molecule has 1 aliphatic carbocycles. The summed E-state index contributed by atoms with van der Waals surface area (Å²) in [6, 6.07) is 11.2. The zero-order chi connectivity index (χ0) is 26.8. The lowest BCUT2D eigenvalue weighted by molar-refractivity contribution is 0.0980. The van der Waals surface area contributed by atoms with Gasteiger partial charge in [-0.25, -0.2) is 0 Å². The van der Waals surface area contributed by atoms with Crippen LogP contribution in [0.4, 0.5) is 5.69 Å². The normalized spacial score (nSPS) is 20.2. The van der Waals surface area contributed by atoms with Crippen molar-refractivity contribution in [3.63, 3.8) is 0 Å². The molecule has 7 nitrogen and oxygen atoms in total. The molecule has 2 aromatic heterocycles. The van der Waals surface area contributed by atoms with Gasteiger partial charge in [0.1, 0.15) is 5.69 Å². The number of ketones is 1. The van der Waals surface area contributed by atoms with Gasteiger partial charge in [0, 0.05) is 47.9 Å². The van der Waals surface area contributed by atoms with Crippen molar-refractivity contribution in [2.75, 3.05) is 11.9 Å². The van der Waals surface area contributed by atoms with Crippen LogP contribution in [0.2, 0.25) is 23.2 Å². The van der Waals surface area contributed by atoms with Crippen molar-refractivity contribution in [1.29, 1.82) is 0 Å². The smallest absolute Gasteiger partial charge is 0.216 e.